The fraction of sp³-hybridized carbons (Fsp3) is 0.444. The summed E-state index contributed by atoms with van der Waals surface area (Å²) in [6.45, 7) is 1.72. The molecule has 0 aliphatic carbocycles. The summed E-state index contributed by atoms with van der Waals surface area (Å²) in [5, 5.41) is 3.07. The number of nitrogens with zero attached hydrogens (tertiary/aromatic N) is 1. The van der Waals surface area contributed by atoms with Crippen LogP contribution in [0, 0.1) is 3.70 Å². The van der Waals surface area contributed by atoms with Crippen LogP contribution in [0.15, 0.2) is 18.3 Å². The predicted octanol–water partition coefficient (Wildman–Crippen LogP) is 1.67. The Hall–Kier alpha value is -0.360. The summed E-state index contributed by atoms with van der Waals surface area (Å²) in [6, 6.07) is 3.88. The first kappa shape index (κ1) is 10.7. The third-order valence-corrected chi connectivity index (χ3v) is 2.18. The van der Waals surface area contributed by atoms with E-state index in [2.05, 4.69) is 32.9 Å². The highest BCUT2D eigenvalue weighted by molar-refractivity contribution is 14.1. The fourth-order valence-corrected chi connectivity index (χ4v) is 1.21. The molecule has 1 aromatic heterocycles. The molecule has 72 valence electrons. The molecule has 0 bridgehead atoms. The molecular formula is C9H13IN2O. The zero-order valence-electron chi connectivity index (χ0n) is 7.59. The summed E-state index contributed by atoms with van der Waals surface area (Å²) in [7, 11) is 1.94. The Morgan fingerprint density at radius 1 is 1.54 bits per heavy atom. The van der Waals surface area contributed by atoms with Crippen molar-refractivity contribution in [3.05, 3.63) is 22.0 Å². The van der Waals surface area contributed by atoms with Gasteiger partial charge in [-0.1, -0.05) is 0 Å². The van der Waals surface area contributed by atoms with Crippen LogP contribution in [0.1, 0.15) is 6.42 Å². The number of rotatable bonds is 5. The second kappa shape index (κ2) is 6.15. The molecule has 3 nitrogen and oxygen atoms in total. The van der Waals surface area contributed by atoms with Gasteiger partial charge in [-0.3, -0.25) is 0 Å². The van der Waals surface area contributed by atoms with Gasteiger partial charge in [0.1, 0.15) is 9.45 Å². The van der Waals surface area contributed by atoms with E-state index in [9.17, 15) is 0 Å². The standard InChI is InChI=1S/C9H13IN2O/c1-11-5-2-6-13-8-3-4-9(10)12-7-8/h3-4,7,11H,2,5-6H2,1H3. The molecule has 1 N–H and O–H groups in total. The number of aromatic nitrogens is 1. The monoisotopic (exact) mass is 292 g/mol. The van der Waals surface area contributed by atoms with Crippen molar-refractivity contribution in [2.45, 2.75) is 6.42 Å². The quantitative estimate of drug-likeness (QED) is 0.509. The van der Waals surface area contributed by atoms with Gasteiger partial charge in [0.15, 0.2) is 0 Å². The number of hydrogen-bond acceptors (Lipinski definition) is 3. The topological polar surface area (TPSA) is 34.1 Å². The highest BCUT2D eigenvalue weighted by atomic mass is 127. The van der Waals surface area contributed by atoms with Gasteiger partial charge in [0.05, 0.1) is 12.8 Å². The molecule has 1 heterocycles. The molecule has 0 aliphatic rings. The second-order valence-corrected chi connectivity index (χ2v) is 3.73. The van der Waals surface area contributed by atoms with Crippen LogP contribution in [-0.4, -0.2) is 25.2 Å². The van der Waals surface area contributed by atoms with Crippen molar-refractivity contribution in [2.75, 3.05) is 20.2 Å². The van der Waals surface area contributed by atoms with Crippen molar-refractivity contribution in [3.8, 4) is 5.75 Å². The SMILES string of the molecule is CNCCCOc1ccc(I)nc1. The average Bonchev–Trinajstić information content (AvgIpc) is 2.15. The van der Waals surface area contributed by atoms with Gasteiger partial charge < -0.3 is 10.1 Å². The molecule has 0 saturated carbocycles. The van der Waals surface area contributed by atoms with Crippen LogP contribution in [0.4, 0.5) is 0 Å². The summed E-state index contributed by atoms with van der Waals surface area (Å²) in [5.74, 6) is 0.844. The number of halogens is 1. The van der Waals surface area contributed by atoms with Crippen molar-refractivity contribution in [2.24, 2.45) is 0 Å². The largest absolute Gasteiger partial charge is 0.492 e. The van der Waals surface area contributed by atoms with Crippen LogP contribution in [0.2, 0.25) is 0 Å². The van der Waals surface area contributed by atoms with E-state index in [0.29, 0.717) is 0 Å². The first-order valence-electron chi connectivity index (χ1n) is 4.22. The van der Waals surface area contributed by atoms with Crippen molar-refractivity contribution in [1.29, 1.82) is 0 Å². The van der Waals surface area contributed by atoms with Crippen LogP contribution in [-0.2, 0) is 0 Å². The maximum Gasteiger partial charge on any atom is 0.137 e. The molecular weight excluding hydrogens is 279 g/mol. The first-order chi connectivity index (χ1) is 6.33. The van der Waals surface area contributed by atoms with E-state index >= 15 is 0 Å². The van der Waals surface area contributed by atoms with E-state index in [0.717, 1.165) is 29.0 Å². The van der Waals surface area contributed by atoms with E-state index < -0.39 is 0 Å². The van der Waals surface area contributed by atoms with Gasteiger partial charge in [-0.05, 0) is 54.7 Å². The van der Waals surface area contributed by atoms with Crippen LogP contribution in [0.3, 0.4) is 0 Å². The van der Waals surface area contributed by atoms with Gasteiger partial charge in [-0.15, -0.1) is 0 Å². The first-order valence-corrected chi connectivity index (χ1v) is 5.30. The van der Waals surface area contributed by atoms with Crippen molar-refractivity contribution >= 4 is 22.6 Å². The Morgan fingerprint density at radius 3 is 3.00 bits per heavy atom. The number of ether oxygens (including phenoxy) is 1. The van der Waals surface area contributed by atoms with E-state index in [1.165, 1.54) is 0 Å². The maximum absolute atomic E-state index is 5.46. The Bertz CT molecular complexity index is 238. The Balaban J connectivity index is 2.25. The molecule has 0 saturated heterocycles. The minimum Gasteiger partial charge on any atom is -0.492 e. The van der Waals surface area contributed by atoms with Gasteiger partial charge in [-0.25, -0.2) is 4.98 Å². The minimum absolute atomic E-state index is 0.739. The van der Waals surface area contributed by atoms with Crippen molar-refractivity contribution in [1.82, 2.24) is 10.3 Å². The normalized spacial score (nSPS) is 10.0. The third kappa shape index (κ3) is 4.42. The molecule has 4 heteroatoms. The van der Waals surface area contributed by atoms with E-state index in [4.69, 9.17) is 4.74 Å². The zero-order valence-corrected chi connectivity index (χ0v) is 9.74. The highest BCUT2D eigenvalue weighted by Crippen LogP contribution is 2.10. The zero-order chi connectivity index (χ0) is 9.52. The molecule has 0 unspecified atom stereocenters. The molecule has 0 fully saturated rings. The molecule has 0 radical (unpaired) electrons. The van der Waals surface area contributed by atoms with E-state index in [1.807, 2.05) is 19.2 Å². The van der Waals surface area contributed by atoms with Gasteiger partial charge in [0.25, 0.3) is 0 Å². The third-order valence-electron chi connectivity index (χ3n) is 1.54. The molecule has 0 aliphatic heterocycles. The van der Waals surface area contributed by atoms with Crippen molar-refractivity contribution < 1.29 is 4.74 Å². The summed E-state index contributed by atoms with van der Waals surface area (Å²) >= 11 is 2.17. The van der Waals surface area contributed by atoms with Crippen LogP contribution in [0.5, 0.6) is 5.75 Å². The van der Waals surface area contributed by atoms with Crippen LogP contribution < -0.4 is 10.1 Å². The lowest BCUT2D eigenvalue weighted by Crippen LogP contribution is -2.11. The Labute approximate surface area is 92.0 Å². The fourth-order valence-electron chi connectivity index (χ4n) is 0.887. The summed E-state index contributed by atoms with van der Waals surface area (Å²) in [4.78, 5) is 4.12. The highest BCUT2D eigenvalue weighted by Gasteiger charge is 1.93. The molecule has 13 heavy (non-hydrogen) atoms. The average molecular weight is 292 g/mol. The van der Waals surface area contributed by atoms with E-state index in [-0.39, 0.29) is 0 Å². The lowest BCUT2D eigenvalue weighted by Gasteiger charge is -2.04. The molecule has 1 rings (SSSR count). The lowest BCUT2D eigenvalue weighted by molar-refractivity contribution is 0.308. The van der Waals surface area contributed by atoms with Gasteiger partial charge >= 0.3 is 0 Å². The second-order valence-electron chi connectivity index (χ2n) is 2.62. The van der Waals surface area contributed by atoms with Crippen LogP contribution in [0.25, 0.3) is 0 Å². The molecule has 0 spiro atoms. The van der Waals surface area contributed by atoms with Gasteiger partial charge in [-0.2, -0.15) is 0 Å². The number of nitrogens with one attached hydrogen (secondary N) is 1. The Morgan fingerprint density at radius 2 is 2.38 bits per heavy atom. The lowest BCUT2D eigenvalue weighted by atomic mass is 10.4. The predicted molar refractivity (Wildman–Crippen MR) is 61.0 cm³/mol. The van der Waals surface area contributed by atoms with Crippen molar-refractivity contribution in [3.63, 3.8) is 0 Å². The summed E-state index contributed by atoms with van der Waals surface area (Å²) < 4.78 is 6.44. The molecule has 0 atom stereocenters. The molecule has 0 aromatic carbocycles. The summed E-state index contributed by atoms with van der Waals surface area (Å²) in [6.07, 6.45) is 2.77. The van der Waals surface area contributed by atoms with Gasteiger partial charge in [0, 0.05) is 0 Å². The molecule has 0 amide bonds. The minimum atomic E-state index is 0.739. The maximum atomic E-state index is 5.46. The smallest absolute Gasteiger partial charge is 0.137 e. The van der Waals surface area contributed by atoms with Crippen LogP contribution >= 0.6 is 22.6 Å². The van der Waals surface area contributed by atoms with Gasteiger partial charge in [0.2, 0.25) is 0 Å². The number of pyridine rings is 1. The molecule has 1 aromatic rings. The summed E-state index contributed by atoms with van der Waals surface area (Å²) in [5.41, 5.74) is 0. The Kier molecular flexibility index (Phi) is 5.07. The van der Waals surface area contributed by atoms with E-state index in [1.54, 1.807) is 6.20 Å². The number of hydrogen-bond donors (Lipinski definition) is 1.